The molecule has 1 aliphatic heterocycles. The Morgan fingerprint density at radius 1 is 1.11 bits per heavy atom. The highest BCUT2D eigenvalue weighted by Crippen LogP contribution is 2.17. The normalized spacial score (nSPS) is 15.9. The number of hydrogen-bond donors (Lipinski definition) is 0. The minimum absolute atomic E-state index is 0.453. The van der Waals surface area contributed by atoms with Crippen molar-refractivity contribution in [1.29, 1.82) is 0 Å². The highest BCUT2D eigenvalue weighted by molar-refractivity contribution is 5.41. The molecule has 5 nitrogen and oxygen atoms in total. The largest absolute Gasteiger partial charge is 0.467 e. The quantitative estimate of drug-likeness (QED) is 0.799. The van der Waals surface area contributed by atoms with E-state index in [-0.39, 0.29) is 0 Å². The van der Waals surface area contributed by atoms with Crippen LogP contribution in [-0.2, 0) is 0 Å². The van der Waals surface area contributed by atoms with Crippen LogP contribution in [0.4, 0.5) is 5.82 Å². The Kier molecular flexibility index (Phi) is 5.85. The SMILES string of the molecule is CC.COc1nc(C)cc(N2CCN(C)CC2)n1. The minimum Gasteiger partial charge on any atom is -0.467 e. The Morgan fingerprint density at radius 2 is 1.72 bits per heavy atom. The lowest BCUT2D eigenvalue weighted by atomic mass is 10.3. The summed E-state index contributed by atoms with van der Waals surface area (Å²) in [5.41, 5.74) is 0.945. The third-order valence-electron chi connectivity index (χ3n) is 2.83. The lowest BCUT2D eigenvalue weighted by Crippen LogP contribution is -2.44. The van der Waals surface area contributed by atoms with E-state index in [0.29, 0.717) is 6.01 Å². The topological polar surface area (TPSA) is 41.5 Å². The molecule has 1 aliphatic rings. The fourth-order valence-corrected chi connectivity index (χ4v) is 1.81. The maximum Gasteiger partial charge on any atom is 0.318 e. The molecular weight excluding hydrogens is 228 g/mol. The predicted molar refractivity (Wildman–Crippen MR) is 74.4 cm³/mol. The molecule has 0 aromatic carbocycles. The van der Waals surface area contributed by atoms with Crippen LogP contribution < -0.4 is 9.64 Å². The zero-order valence-electron chi connectivity index (χ0n) is 12.1. The predicted octanol–water partition coefficient (Wildman–Crippen LogP) is 1.57. The number of methoxy groups -OCH3 is 1. The number of piperazine rings is 1. The second-order valence-electron chi connectivity index (χ2n) is 4.14. The van der Waals surface area contributed by atoms with Crippen molar-refractivity contribution in [2.75, 3.05) is 45.2 Å². The number of aryl methyl sites for hydroxylation is 1. The van der Waals surface area contributed by atoms with Gasteiger partial charge in [-0.25, -0.2) is 4.98 Å². The van der Waals surface area contributed by atoms with Gasteiger partial charge in [-0.05, 0) is 14.0 Å². The molecule has 0 bridgehead atoms. The summed E-state index contributed by atoms with van der Waals surface area (Å²) in [7, 11) is 3.74. The molecule has 1 fully saturated rings. The van der Waals surface area contributed by atoms with E-state index >= 15 is 0 Å². The van der Waals surface area contributed by atoms with E-state index in [1.807, 2.05) is 26.8 Å². The van der Waals surface area contributed by atoms with Crippen LogP contribution in [0.15, 0.2) is 6.07 Å². The Labute approximate surface area is 110 Å². The molecule has 5 heteroatoms. The van der Waals surface area contributed by atoms with Gasteiger partial charge in [0.05, 0.1) is 7.11 Å². The van der Waals surface area contributed by atoms with Crippen LogP contribution in [0, 0.1) is 6.92 Å². The minimum atomic E-state index is 0.453. The molecule has 1 saturated heterocycles. The highest BCUT2D eigenvalue weighted by atomic mass is 16.5. The summed E-state index contributed by atoms with van der Waals surface area (Å²) in [6, 6.07) is 2.46. The van der Waals surface area contributed by atoms with Gasteiger partial charge in [0.15, 0.2) is 0 Å². The molecule has 0 spiro atoms. The number of nitrogens with zero attached hydrogens (tertiary/aromatic N) is 4. The third kappa shape index (κ3) is 3.84. The van der Waals surface area contributed by atoms with E-state index in [1.165, 1.54) is 0 Å². The first-order chi connectivity index (χ1) is 8.69. The van der Waals surface area contributed by atoms with E-state index in [4.69, 9.17) is 4.74 Å². The molecule has 102 valence electrons. The number of ether oxygens (including phenoxy) is 1. The van der Waals surface area contributed by atoms with Crippen LogP contribution in [0.25, 0.3) is 0 Å². The molecule has 0 unspecified atom stereocenters. The van der Waals surface area contributed by atoms with Crippen molar-refractivity contribution < 1.29 is 4.74 Å². The molecule has 18 heavy (non-hydrogen) atoms. The van der Waals surface area contributed by atoms with Crippen LogP contribution in [0.5, 0.6) is 6.01 Å². The molecule has 0 radical (unpaired) electrons. The summed E-state index contributed by atoms with van der Waals surface area (Å²) in [4.78, 5) is 13.2. The summed E-state index contributed by atoms with van der Waals surface area (Å²) in [6.07, 6.45) is 0. The molecule has 2 heterocycles. The number of likely N-dealkylation sites (N-methyl/N-ethyl adjacent to an activating group) is 1. The van der Waals surface area contributed by atoms with E-state index in [2.05, 4.69) is 26.8 Å². The van der Waals surface area contributed by atoms with Gasteiger partial charge in [0.1, 0.15) is 5.82 Å². The Hall–Kier alpha value is -1.36. The molecule has 0 aliphatic carbocycles. The average molecular weight is 252 g/mol. The van der Waals surface area contributed by atoms with Gasteiger partial charge in [-0.2, -0.15) is 4.98 Å². The lowest BCUT2D eigenvalue weighted by Gasteiger charge is -2.33. The molecule has 1 aromatic rings. The summed E-state index contributed by atoms with van der Waals surface area (Å²) in [5.74, 6) is 0.970. The number of anilines is 1. The highest BCUT2D eigenvalue weighted by Gasteiger charge is 2.16. The van der Waals surface area contributed by atoms with Crippen molar-refractivity contribution in [2.45, 2.75) is 20.8 Å². The van der Waals surface area contributed by atoms with Gasteiger partial charge in [-0.3, -0.25) is 0 Å². The standard InChI is InChI=1S/C11H18N4O.C2H6/c1-9-8-10(13-11(12-9)16-3)15-6-4-14(2)5-7-15;1-2/h8H,4-7H2,1-3H3;1-2H3. The molecule has 0 N–H and O–H groups in total. The van der Waals surface area contributed by atoms with Crippen molar-refractivity contribution >= 4 is 5.82 Å². The van der Waals surface area contributed by atoms with Crippen LogP contribution in [0.2, 0.25) is 0 Å². The van der Waals surface area contributed by atoms with Gasteiger partial charge in [0.2, 0.25) is 0 Å². The van der Waals surface area contributed by atoms with Gasteiger partial charge in [0, 0.05) is 37.9 Å². The van der Waals surface area contributed by atoms with Crippen molar-refractivity contribution in [3.63, 3.8) is 0 Å². The van der Waals surface area contributed by atoms with E-state index in [9.17, 15) is 0 Å². The van der Waals surface area contributed by atoms with Gasteiger partial charge >= 0.3 is 6.01 Å². The first-order valence-electron chi connectivity index (χ1n) is 6.52. The maximum absolute atomic E-state index is 5.09. The van der Waals surface area contributed by atoms with Gasteiger partial charge in [-0.1, -0.05) is 13.8 Å². The smallest absolute Gasteiger partial charge is 0.318 e. The lowest BCUT2D eigenvalue weighted by molar-refractivity contribution is 0.311. The molecule has 1 aromatic heterocycles. The van der Waals surface area contributed by atoms with Crippen LogP contribution in [0.3, 0.4) is 0 Å². The van der Waals surface area contributed by atoms with E-state index in [1.54, 1.807) is 7.11 Å². The molecule has 2 rings (SSSR count). The summed E-state index contributed by atoms with van der Waals surface area (Å²) < 4.78 is 5.09. The van der Waals surface area contributed by atoms with Crippen molar-refractivity contribution in [3.8, 4) is 6.01 Å². The molecular formula is C13H24N4O. The monoisotopic (exact) mass is 252 g/mol. The number of aromatic nitrogens is 2. The van der Waals surface area contributed by atoms with E-state index in [0.717, 1.165) is 37.7 Å². The third-order valence-corrected chi connectivity index (χ3v) is 2.83. The van der Waals surface area contributed by atoms with Crippen molar-refractivity contribution in [1.82, 2.24) is 14.9 Å². The average Bonchev–Trinajstić information content (AvgIpc) is 2.41. The van der Waals surface area contributed by atoms with Crippen molar-refractivity contribution in [3.05, 3.63) is 11.8 Å². The Balaban J connectivity index is 0.000000771. The first kappa shape index (κ1) is 14.7. The van der Waals surface area contributed by atoms with E-state index < -0.39 is 0 Å². The maximum atomic E-state index is 5.09. The van der Waals surface area contributed by atoms with Gasteiger partial charge in [-0.15, -0.1) is 0 Å². The molecule has 0 atom stereocenters. The Bertz CT molecular complexity index is 362. The number of rotatable bonds is 2. The summed E-state index contributed by atoms with van der Waals surface area (Å²) >= 11 is 0. The fourth-order valence-electron chi connectivity index (χ4n) is 1.81. The fraction of sp³-hybridized carbons (Fsp3) is 0.692. The van der Waals surface area contributed by atoms with Gasteiger partial charge in [0.25, 0.3) is 0 Å². The molecule has 0 saturated carbocycles. The first-order valence-corrected chi connectivity index (χ1v) is 6.52. The second-order valence-corrected chi connectivity index (χ2v) is 4.14. The Morgan fingerprint density at radius 3 is 2.28 bits per heavy atom. The summed E-state index contributed by atoms with van der Waals surface area (Å²) in [6.45, 7) is 10.1. The summed E-state index contributed by atoms with van der Waals surface area (Å²) in [5, 5.41) is 0. The second kappa shape index (κ2) is 7.16. The number of hydrogen-bond acceptors (Lipinski definition) is 5. The van der Waals surface area contributed by atoms with Crippen LogP contribution in [0.1, 0.15) is 19.5 Å². The zero-order chi connectivity index (χ0) is 13.5. The molecule has 0 amide bonds. The van der Waals surface area contributed by atoms with Crippen molar-refractivity contribution in [2.24, 2.45) is 0 Å². The zero-order valence-corrected chi connectivity index (χ0v) is 12.1. The van der Waals surface area contributed by atoms with Gasteiger partial charge < -0.3 is 14.5 Å². The van der Waals surface area contributed by atoms with Crippen LogP contribution >= 0.6 is 0 Å². The van der Waals surface area contributed by atoms with Crippen LogP contribution in [-0.4, -0.2) is 55.2 Å².